The highest BCUT2D eigenvalue weighted by Gasteiger charge is 2.17. The molecule has 0 heterocycles. The molecule has 0 spiro atoms. The summed E-state index contributed by atoms with van der Waals surface area (Å²) < 4.78 is 1.12. The first-order valence-electron chi connectivity index (χ1n) is 4.31. The molecule has 0 aromatic heterocycles. The maximum absolute atomic E-state index is 8.80. The van der Waals surface area contributed by atoms with Crippen LogP contribution in [0.4, 0.5) is 0 Å². The van der Waals surface area contributed by atoms with Crippen molar-refractivity contribution in [1.29, 1.82) is 0 Å². The highest BCUT2D eigenvalue weighted by atomic mass is 79.9. The molecule has 0 saturated heterocycles. The fourth-order valence-electron chi connectivity index (χ4n) is 1.75. The van der Waals surface area contributed by atoms with Crippen molar-refractivity contribution >= 4 is 21.6 Å². The van der Waals surface area contributed by atoms with E-state index < -0.39 is 0 Å². The minimum Gasteiger partial charge on any atom is -0.411 e. The van der Waals surface area contributed by atoms with E-state index in [9.17, 15) is 0 Å². The minimum absolute atomic E-state index is 0.808. The van der Waals surface area contributed by atoms with E-state index >= 15 is 0 Å². The predicted molar refractivity (Wildman–Crippen MR) is 55.4 cm³/mol. The number of fused-ring (bicyclic) bond motifs is 1. The smallest absolute Gasteiger partial charge is 0.0871 e. The molecule has 1 aromatic rings. The Balaban J connectivity index is 2.58. The summed E-state index contributed by atoms with van der Waals surface area (Å²) in [6.45, 7) is 0. The van der Waals surface area contributed by atoms with Gasteiger partial charge in [-0.15, -0.1) is 0 Å². The van der Waals surface area contributed by atoms with E-state index in [0.29, 0.717) is 0 Å². The van der Waals surface area contributed by atoms with Gasteiger partial charge in [0.1, 0.15) is 0 Å². The molecule has 0 aliphatic heterocycles. The summed E-state index contributed by atoms with van der Waals surface area (Å²) in [4.78, 5) is 0. The van der Waals surface area contributed by atoms with Gasteiger partial charge in [0.2, 0.25) is 0 Å². The van der Waals surface area contributed by atoms with Crippen LogP contribution in [0.3, 0.4) is 0 Å². The second-order valence-corrected chi connectivity index (χ2v) is 4.02. The normalized spacial score (nSPS) is 18.7. The Morgan fingerprint density at radius 1 is 1.31 bits per heavy atom. The van der Waals surface area contributed by atoms with Crippen LogP contribution in [-0.4, -0.2) is 10.9 Å². The van der Waals surface area contributed by atoms with Crippen LogP contribution in [-0.2, 0) is 6.42 Å². The number of oxime groups is 1. The monoisotopic (exact) mass is 239 g/mol. The second kappa shape index (κ2) is 3.50. The average molecular weight is 240 g/mol. The van der Waals surface area contributed by atoms with Crippen LogP contribution in [0.5, 0.6) is 0 Å². The topological polar surface area (TPSA) is 32.6 Å². The Hall–Kier alpha value is -0.830. The summed E-state index contributed by atoms with van der Waals surface area (Å²) in [6.07, 6.45) is 3.00. The quantitative estimate of drug-likeness (QED) is 0.548. The van der Waals surface area contributed by atoms with Gasteiger partial charge in [-0.25, -0.2) is 0 Å². The van der Waals surface area contributed by atoms with Gasteiger partial charge in [0, 0.05) is 10.0 Å². The van der Waals surface area contributed by atoms with E-state index in [1.807, 2.05) is 18.2 Å². The standard InChI is InChI=1S/C10H10BrNO/c11-9-5-1-4-8-7(9)3-2-6-10(8)12-13/h1,4-5,13H,2-3,6H2. The number of rotatable bonds is 0. The lowest BCUT2D eigenvalue weighted by molar-refractivity contribution is 0.317. The molecule has 1 aromatic carbocycles. The Labute approximate surface area is 85.4 Å². The third kappa shape index (κ3) is 1.48. The number of halogens is 1. The van der Waals surface area contributed by atoms with Gasteiger partial charge in [-0.05, 0) is 30.9 Å². The highest BCUT2D eigenvalue weighted by Crippen LogP contribution is 2.28. The van der Waals surface area contributed by atoms with Crippen molar-refractivity contribution in [3.63, 3.8) is 0 Å². The van der Waals surface area contributed by atoms with E-state index in [4.69, 9.17) is 5.21 Å². The lowest BCUT2D eigenvalue weighted by Gasteiger charge is -2.17. The van der Waals surface area contributed by atoms with Crippen LogP contribution in [0.1, 0.15) is 24.0 Å². The molecule has 0 amide bonds. The van der Waals surface area contributed by atoms with Crippen LogP contribution in [0.15, 0.2) is 27.8 Å². The van der Waals surface area contributed by atoms with Crippen LogP contribution in [0, 0.1) is 0 Å². The van der Waals surface area contributed by atoms with Crippen LogP contribution < -0.4 is 0 Å². The summed E-state index contributed by atoms with van der Waals surface area (Å²) in [7, 11) is 0. The van der Waals surface area contributed by atoms with Crippen molar-refractivity contribution in [3.8, 4) is 0 Å². The third-order valence-corrected chi connectivity index (χ3v) is 3.13. The van der Waals surface area contributed by atoms with Crippen LogP contribution >= 0.6 is 15.9 Å². The summed E-state index contributed by atoms with van der Waals surface area (Å²) in [6, 6.07) is 6.01. The zero-order valence-electron chi connectivity index (χ0n) is 7.13. The first-order chi connectivity index (χ1) is 6.33. The molecule has 13 heavy (non-hydrogen) atoms. The molecule has 1 aliphatic carbocycles. The molecule has 0 bridgehead atoms. The zero-order valence-corrected chi connectivity index (χ0v) is 8.71. The Morgan fingerprint density at radius 2 is 2.15 bits per heavy atom. The molecule has 0 saturated carbocycles. The van der Waals surface area contributed by atoms with Gasteiger partial charge >= 0.3 is 0 Å². The Morgan fingerprint density at radius 3 is 2.92 bits per heavy atom. The van der Waals surface area contributed by atoms with Crippen molar-refractivity contribution in [2.45, 2.75) is 19.3 Å². The molecule has 3 heteroatoms. The van der Waals surface area contributed by atoms with Crippen molar-refractivity contribution in [1.82, 2.24) is 0 Å². The number of hydrogen-bond acceptors (Lipinski definition) is 2. The van der Waals surface area contributed by atoms with E-state index in [1.54, 1.807) is 0 Å². The van der Waals surface area contributed by atoms with Gasteiger partial charge in [0.05, 0.1) is 5.71 Å². The summed E-state index contributed by atoms with van der Waals surface area (Å²) >= 11 is 3.50. The van der Waals surface area contributed by atoms with Crippen LogP contribution in [0.2, 0.25) is 0 Å². The maximum Gasteiger partial charge on any atom is 0.0871 e. The zero-order chi connectivity index (χ0) is 9.26. The van der Waals surface area contributed by atoms with Gasteiger partial charge in [-0.1, -0.05) is 33.2 Å². The molecule has 1 N–H and O–H groups in total. The predicted octanol–water partition coefficient (Wildman–Crippen LogP) is 2.96. The molecule has 68 valence electrons. The molecule has 0 radical (unpaired) electrons. The minimum atomic E-state index is 0.808. The summed E-state index contributed by atoms with van der Waals surface area (Å²) in [5.74, 6) is 0. The first kappa shape index (κ1) is 8.75. The van der Waals surface area contributed by atoms with Gasteiger partial charge in [-0.3, -0.25) is 0 Å². The fraction of sp³-hybridized carbons (Fsp3) is 0.300. The SMILES string of the molecule is ON=C1CCCc2c(Br)cccc21. The number of hydrogen-bond donors (Lipinski definition) is 1. The molecule has 2 nitrogen and oxygen atoms in total. The van der Waals surface area contributed by atoms with Gasteiger partial charge < -0.3 is 5.21 Å². The van der Waals surface area contributed by atoms with Gasteiger partial charge in [0.25, 0.3) is 0 Å². The van der Waals surface area contributed by atoms with E-state index in [1.165, 1.54) is 5.56 Å². The molecule has 1 aliphatic rings. The van der Waals surface area contributed by atoms with Crippen LogP contribution in [0.25, 0.3) is 0 Å². The van der Waals surface area contributed by atoms with Crippen molar-refractivity contribution < 1.29 is 5.21 Å². The maximum atomic E-state index is 8.80. The number of benzene rings is 1. The van der Waals surface area contributed by atoms with Gasteiger partial charge in [-0.2, -0.15) is 0 Å². The van der Waals surface area contributed by atoms with Crippen molar-refractivity contribution in [3.05, 3.63) is 33.8 Å². The lowest BCUT2D eigenvalue weighted by atomic mass is 9.90. The largest absolute Gasteiger partial charge is 0.411 e. The molecule has 0 atom stereocenters. The lowest BCUT2D eigenvalue weighted by Crippen LogP contribution is -2.12. The average Bonchev–Trinajstić information content (AvgIpc) is 2.18. The fourth-order valence-corrected chi connectivity index (χ4v) is 2.32. The Kier molecular flexibility index (Phi) is 2.36. The van der Waals surface area contributed by atoms with Crippen molar-refractivity contribution in [2.75, 3.05) is 0 Å². The third-order valence-electron chi connectivity index (χ3n) is 2.39. The summed E-state index contributed by atoms with van der Waals surface area (Å²) in [5.41, 5.74) is 3.16. The van der Waals surface area contributed by atoms with Crippen molar-refractivity contribution in [2.24, 2.45) is 5.16 Å². The second-order valence-electron chi connectivity index (χ2n) is 3.17. The van der Waals surface area contributed by atoms with E-state index in [0.717, 1.165) is 35.0 Å². The molecule has 0 unspecified atom stereocenters. The molecule has 0 fully saturated rings. The first-order valence-corrected chi connectivity index (χ1v) is 5.11. The molecular weight excluding hydrogens is 230 g/mol. The van der Waals surface area contributed by atoms with E-state index in [2.05, 4.69) is 21.1 Å². The number of nitrogens with zero attached hydrogens (tertiary/aromatic N) is 1. The molecule has 2 rings (SSSR count). The van der Waals surface area contributed by atoms with Gasteiger partial charge in [0.15, 0.2) is 0 Å². The van der Waals surface area contributed by atoms with E-state index in [-0.39, 0.29) is 0 Å². The highest BCUT2D eigenvalue weighted by molar-refractivity contribution is 9.10. The summed E-state index contributed by atoms with van der Waals surface area (Å²) in [5, 5.41) is 12.1. The Bertz CT molecular complexity index is 360. The molecular formula is C10H10BrNO.